The highest BCUT2D eigenvalue weighted by Gasteiger charge is 2.13. The highest BCUT2D eigenvalue weighted by Crippen LogP contribution is 2.20. The summed E-state index contributed by atoms with van der Waals surface area (Å²) in [6.07, 6.45) is 2.02. The van der Waals surface area contributed by atoms with E-state index >= 15 is 0 Å². The van der Waals surface area contributed by atoms with E-state index in [1.807, 2.05) is 13.2 Å². The van der Waals surface area contributed by atoms with E-state index in [1.54, 1.807) is 41.9 Å². The molecule has 2 N–H and O–H groups in total. The van der Waals surface area contributed by atoms with Gasteiger partial charge in [-0.05, 0) is 25.3 Å². The fraction of sp³-hybridized carbons (Fsp3) is 0.462. The summed E-state index contributed by atoms with van der Waals surface area (Å²) in [5.41, 5.74) is 6.89. The second-order valence-electron chi connectivity index (χ2n) is 3.94. The number of anilines is 1. The summed E-state index contributed by atoms with van der Waals surface area (Å²) in [4.78, 5) is 13.9. The van der Waals surface area contributed by atoms with Crippen LogP contribution in [0.4, 0.5) is 5.69 Å². The highest BCUT2D eigenvalue weighted by atomic mass is 32.2. The lowest BCUT2D eigenvalue weighted by atomic mass is 10.1. The lowest BCUT2D eigenvalue weighted by Crippen LogP contribution is -2.28. The molecule has 0 atom stereocenters. The number of nitrogens with zero attached hydrogens (tertiary/aromatic N) is 1. The Hall–Kier alpha value is -1.36. The van der Waals surface area contributed by atoms with Gasteiger partial charge in [0.25, 0.3) is 5.91 Å². The zero-order valence-corrected chi connectivity index (χ0v) is 11.9. The second-order valence-corrected chi connectivity index (χ2v) is 4.93. The standard InChI is InChI=1S/C13H20N2O2S/c1-4-17-12-8-10(7-11(14)9-12)13(16)15(2)5-6-18-3/h7-9H,4-6,14H2,1-3H3. The average Bonchev–Trinajstić information content (AvgIpc) is 2.34. The van der Waals surface area contributed by atoms with E-state index in [-0.39, 0.29) is 5.91 Å². The molecule has 0 bridgehead atoms. The number of hydrogen-bond acceptors (Lipinski definition) is 4. The van der Waals surface area contributed by atoms with Crippen LogP contribution >= 0.6 is 11.8 Å². The molecule has 0 aliphatic heterocycles. The topological polar surface area (TPSA) is 55.6 Å². The van der Waals surface area contributed by atoms with Crippen LogP contribution in [0.2, 0.25) is 0 Å². The van der Waals surface area contributed by atoms with Crippen molar-refractivity contribution in [1.82, 2.24) is 4.90 Å². The quantitative estimate of drug-likeness (QED) is 0.803. The molecule has 0 saturated carbocycles. The summed E-state index contributed by atoms with van der Waals surface area (Å²) in [7, 11) is 1.79. The Kier molecular flexibility index (Phi) is 5.85. The highest BCUT2D eigenvalue weighted by molar-refractivity contribution is 7.98. The van der Waals surface area contributed by atoms with Gasteiger partial charge in [0.15, 0.2) is 0 Å². The molecule has 1 amide bonds. The summed E-state index contributed by atoms with van der Waals surface area (Å²) in [5.74, 6) is 1.53. The number of hydrogen-bond donors (Lipinski definition) is 1. The van der Waals surface area contributed by atoms with Crippen LogP contribution in [0.5, 0.6) is 5.75 Å². The Balaban J connectivity index is 2.84. The van der Waals surface area contributed by atoms with Crippen molar-refractivity contribution in [3.63, 3.8) is 0 Å². The molecular formula is C13H20N2O2S. The molecule has 0 spiro atoms. The molecule has 5 heteroatoms. The van der Waals surface area contributed by atoms with Crippen LogP contribution in [0, 0.1) is 0 Å². The van der Waals surface area contributed by atoms with Gasteiger partial charge in [-0.15, -0.1) is 0 Å². The zero-order chi connectivity index (χ0) is 13.5. The van der Waals surface area contributed by atoms with Crippen molar-refractivity contribution < 1.29 is 9.53 Å². The minimum absolute atomic E-state index is 0.0303. The van der Waals surface area contributed by atoms with Gasteiger partial charge >= 0.3 is 0 Å². The Morgan fingerprint density at radius 1 is 1.44 bits per heavy atom. The molecule has 4 nitrogen and oxygen atoms in total. The number of nitrogen functional groups attached to an aromatic ring is 1. The van der Waals surface area contributed by atoms with E-state index in [1.165, 1.54) is 0 Å². The van der Waals surface area contributed by atoms with E-state index < -0.39 is 0 Å². The third-order valence-corrected chi connectivity index (χ3v) is 3.06. The minimum atomic E-state index is -0.0303. The predicted octanol–water partition coefficient (Wildman–Crippen LogP) is 2.10. The molecule has 0 aliphatic rings. The largest absolute Gasteiger partial charge is 0.494 e. The van der Waals surface area contributed by atoms with Gasteiger partial charge in [-0.2, -0.15) is 11.8 Å². The van der Waals surface area contributed by atoms with E-state index in [9.17, 15) is 4.79 Å². The molecule has 1 aromatic rings. The van der Waals surface area contributed by atoms with Crippen LogP contribution in [0.1, 0.15) is 17.3 Å². The second kappa shape index (κ2) is 7.16. The fourth-order valence-corrected chi connectivity index (χ4v) is 2.00. The van der Waals surface area contributed by atoms with Gasteiger partial charge in [-0.1, -0.05) is 0 Å². The maximum absolute atomic E-state index is 12.2. The number of thioether (sulfide) groups is 1. The van der Waals surface area contributed by atoms with Crippen LogP contribution in [-0.4, -0.2) is 43.0 Å². The first-order valence-electron chi connectivity index (χ1n) is 5.86. The van der Waals surface area contributed by atoms with Crippen molar-refractivity contribution in [1.29, 1.82) is 0 Å². The number of carbonyl (C=O) groups excluding carboxylic acids is 1. The van der Waals surface area contributed by atoms with Gasteiger partial charge in [0.2, 0.25) is 0 Å². The van der Waals surface area contributed by atoms with Crippen molar-refractivity contribution >= 4 is 23.4 Å². The van der Waals surface area contributed by atoms with Crippen LogP contribution in [0.15, 0.2) is 18.2 Å². The summed E-state index contributed by atoms with van der Waals surface area (Å²) >= 11 is 1.71. The van der Waals surface area contributed by atoms with E-state index in [4.69, 9.17) is 10.5 Å². The van der Waals surface area contributed by atoms with Crippen molar-refractivity contribution in [2.45, 2.75) is 6.92 Å². The number of ether oxygens (including phenoxy) is 1. The first kappa shape index (κ1) is 14.7. The number of carbonyl (C=O) groups is 1. The molecule has 0 unspecified atom stereocenters. The number of amides is 1. The molecule has 0 aromatic heterocycles. The molecule has 1 rings (SSSR count). The Bertz CT molecular complexity index is 410. The Labute approximate surface area is 112 Å². The maximum atomic E-state index is 12.2. The van der Waals surface area contributed by atoms with E-state index in [0.717, 1.165) is 12.3 Å². The average molecular weight is 268 g/mol. The molecule has 1 aromatic carbocycles. The first-order valence-corrected chi connectivity index (χ1v) is 7.25. The summed E-state index contributed by atoms with van der Waals surface area (Å²) in [6, 6.07) is 5.14. The molecule has 0 aliphatic carbocycles. The van der Waals surface area contributed by atoms with Gasteiger partial charge in [-0.25, -0.2) is 0 Å². The van der Waals surface area contributed by atoms with E-state index in [2.05, 4.69) is 0 Å². The maximum Gasteiger partial charge on any atom is 0.253 e. The fourth-order valence-electron chi connectivity index (χ4n) is 1.55. The predicted molar refractivity (Wildman–Crippen MR) is 77.4 cm³/mol. The van der Waals surface area contributed by atoms with Crippen molar-refractivity contribution in [3.8, 4) is 5.75 Å². The third-order valence-electron chi connectivity index (χ3n) is 2.46. The van der Waals surface area contributed by atoms with Crippen molar-refractivity contribution in [2.24, 2.45) is 0 Å². The van der Waals surface area contributed by atoms with E-state index in [0.29, 0.717) is 23.6 Å². The van der Waals surface area contributed by atoms with Crippen molar-refractivity contribution in [2.75, 3.05) is 37.9 Å². The third kappa shape index (κ3) is 4.14. The number of benzene rings is 1. The molecule has 0 heterocycles. The molecular weight excluding hydrogens is 248 g/mol. The summed E-state index contributed by atoms with van der Waals surface area (Å²) < 4.78 is 5.38. The van der Waals surface area contributed by atoms with Crippen LogP contribution in [-0.2, 0) is 0 Å². The first-order chi connectivity index (χ1) is 8.58. The number of rotatable bonds is 6. The van der Waals surface area contributed by atoms with Crippen LogP contribution < -0.4 is 10.5 Å². The minimum Gasteiger partial charge on any atom is -0.494 e. The molecule has 18 heavy (non-hydrogen) atoms. The normalized spacial score (nSPS) is 10.2. The van der Waals surface area contributed by atoms with Gasteiger partial charge in [-0.3, -0.25) is 4.79 Å². The molecule has 100 valence electrons. The lowest BCUT2D eigenvalue weighted by molar-refractivity contribution is 0.0803. The summed E-state index contributed by atoms with van der Waals surface area (Å²) in [5, 5.41) is 0. The Morgan fingerprint density at radius 3 is 2.78 bits per heavy atom. The smallest absolute Gasteiger partial charge is 0.253 e. The zero-order valence-electron chi connectivity index (χ0n) is 11.1. The van der Waals surface area contributed by atoms with Gasteiger partial charge < -0.3 is 15.4 Å². The Morgan fingerprint density at radius 2 is 2.17 bits per heavy atom. The van der Waals surface area contributed by atoms with Gasteiger partial charge in [0.05, 0.1) is 6.61 Å². The SMILES string of the molecule is CCOc1cc(N)cc(C(=O)N(C)CCSC)c1. The molecule has 0 radical (unpaired) electrons. The van der Waals surface area contributed by atoms with Crippen LogP contribution in [0.25, 0.3) is 0 Å². The summed E-state index contributed by atoms with van der Waals surface area (Å²) in [6.45, 7) is 3.17. The van der Waals surface area contributed by atoms with Crippen molar-refractivity contribution in [3.05, 3.63) is 23.8 Å². The van der Waals surface area contributed by atoms with Gasteiger partial charge in [0, 0.05) is 36.7 Å². The molecule has 0 fully saturated rings. The number of nitrogens with two attached hydrogens (primary N) is 1. The van der Waals surface area contributed by atoms with Gasteiger partial charge in [0.1, 0.15) is 5.75 Å². The lowest BCUT2D eigenvalue weighted by Gasteiger charge is -2.17. The molecule has 0 saturated heterocycles. The monoisotopic (exact) mass is 268 g/mol. The van der Waals surface area contributed by atoms with Crippen LogP contribution in [0.3, 0.4) is 0 Å².